The smallest absolute Gasteiger partial charge is 0.408 e. The van der Waals surface area contributed by atoms with Crippen molar-refractivity contribution < 1.29 is 90.9 Å². The van der Waals surface area contributed by atoms with Gasteiger partial charge in [-0.25, -0.2) is 14.4 Å². The first-order valence-electron chi connectivity index (χ1n) is 27.0. The molecule has 434 valence electrons. The van der Waals surface area contributed by atoms with Crippen molar-refractivity contribution in [3.63, 3.8) is 0 Å². The highest BCUT2D eigenvalue weighted by molar-refractivity contribution is 6.03. The van der Waals surface area contributed by atoms with E-state index in [9.17, 15) is 43.5 Å². The molecule has 0 spiro atoms. The summed E-state index contributed by atoms with van der Waals surface area (Å²) < 4.78 is 56.9. The number of carbonyl (C=O) groups excluding carboxylic acids is 9. The summed E-state index contributed by atoms with van der Waals surface area (Å²) in [6.45, 7) is 22.9. The topological polar surface area (TPSA) is 284 Å². The average molecular weight is 1110 g/mol. The van der Waals surface area contributed by atoms with Crippen molar-refractivity contribution >= 4 is 53.7 Å². The summed E-state index contributed by atoms with van der Waals surface area (Å²) in [6, 6.07) is 6.70. The largest absolute Gasteiger partial charge is 0.455 e. The average Bonchev–Trinajstić information content (AvgIpc) is 3.30. The van der Waals surface area contributed by atoms with E-state index in [4.69, 9.17) is 42.6 Å². The number of aliphatic hydroxyl groups is 1. The number of nitrogens with zero attached hydrogens (tertiary/aromatic N) is 1. The molecule has 7 rings (SSSR count). The highest BCUT2D eigenvalue weighted by Gasteiger charge is 2.80. The summed E-state index contributed by atoms with van der Waals surface area (Å²) in [7, 11) is 0. The summed E-state index contributed by atoms with van der Waals surface area (Å²) in [5, 5.41) is 19.5. The quantitative estimate of drug-likeness (QED) is 0.0776. The first-order chi connectivity index (χ1) is 36.9. The molecule has 2 unspecified atom stereocenters. The van der Waals surface area contributed by atoms with Gasteiger partial charge in [-0.3, -0.25) is 33.7 Å². The lowest BCUT2D eigenvalue weighted by atomic mass is 9.44. The Bertz CT molecular complexity index is 2610. The number of ether oxygens (including phenoxy) is 9. The maximum atomic E-state index is 15.3. The standard InChI is InChI=1S/C57H77N3O19/c1-14-42-74-37-26-38-56(28-71-38,78-33(7)62)46-48(77-50(67)34-18-16-15-17-19-34)57(70)27-36(31(5)43(54(57,11)12)45(72-32(6)61)47(76-42)55(37,46)13)73-51(68)44(35(24-29(2)3)59-52(69)79-53(8,9)10)75-41(65)21-20-39(63)58-22-23-60-40(64)25-30(4)49(60)66/h14-19,29-30,35-38,42,44-48,70H,1,20-28H2,2-13H3,(H,58,63)(H,59,69)/t30?,35-,36-,37-,38+,42?,44+,45-,46-,47-,48-,55+,56-,57+/m0/s1. The minimum Gasteiger partial charge on any atom is -0.455 e. The van der Waals surface area contributed by atoms with Crippen molar-refractivity contribution in [2.45, 2.75) is 193 Å². The van der Waals surface area contributed by atoms with Gasteiger partial charge in [-0.1, -0.05) is 66.3 Å². The molecule has 3 N–H and O–H groups in total. The fourth-order valence-electron chi connectivity index (χ4n) is 12.7. The van der Waals surface area contributed by atoms with E-state index in [2.05, 4.69) is 17.2 Å². The Morgan fingerprint density at radius 2 is 1.63 bits per heavy atom. The van der Waals surface area contributed by atoms with Gasteiger partial charge in [0.05, 0.1) is 36.7 Å². The molecule has 4 amide bonds. The lowest BCUT2D eigenvalue weighted by Gasteiger charge is -2.71. The Morgan fingerprint density at radius 3 is 2.20 bits per heavy atom. The maximum Gasteiger partial charge on any atom is 0.408 e. The van der Waals surface area contributed by atoms with Crippen LogP contribution in [0.3, 0.4) is 0 Å². The Morgan fingerprint density at radius 1 is 0.949 bits per heavy atom. The van der Waals surface area contributed by atoms with E-state index >= 15 is 4.79 Å². The first-order valence-corrected chi connectivity index (χ1v) is 27.0. The molecule has 1 aromatic carbocycles. The van der Waals surface area contributed by atoms with Crippen LogP contribution in [0, 0.1) is 28.6 Å². The summed E-state index contributed by atoms with van der Waals surface area (Å²) in [4.78, 5) is 123. The van der Waals surface area contributed by atoms with Gasteiger partial charge >= 0.3 is 35.9 Å². The number of alkyl carbamates (subject to hydrolysis) is 1. The highest BCUT2D eigenvalue weighted by Crippen LogP contribution is 2.67. The molecule has 3 aliphatic heterocycles. The third-order valence-electron chi connectivity index (χ3n) is 16.3. The summed E-state index contributed by atoms with van der Waals surface area (Å²) in [5.41, 5.74) is -7.47. The zero-order valence-corrected chi connectivity index (χ0v) is 47.2. The molecule has 6 aliphatic rings. The van der Waals surface area contributed by atoms with E-state index in [0.29, 0.717) is 0 Å². The Balaban J connectivity index is 1.33. The lowest BCUT2D eigenvalue weighted by Crippen LogP contribution is -2.83. The molecule has 3 heterocycles. The van der Waals surface area contributed by atoms with Gasteiger partial charge in [0.2, 0.25) is 23.8 Å². The van der Waals surface area contributed by atoms with Crippen molar-refractivity contribution in [3.8, 4) is 0 Å². The molecule has 1 aromatic rings. The van der Waals surface area contributed by atoms with Crippen LogP contribution < -0.4 is 10.6 Å². The number of benzene rings is 1. The van der Waals surface area contributed by atoms with Crippen LogP contribution in [0.25, 0.3) is 0 Å². The Hall–Kier alpha value is -6.23. The van der Waals surface area contributed by atoms with Gasteiger partial charge in [-0.2, -0.15) is 0 Å². The number of nitrogens with one attached hydrogen (secondary N) is 2. The van der Waals surface area contributed by atoms with Crippen LogP contribution in [0.1, 0.15) is 132 Å². The number of rotatable bonds is 18. The summed E-state index contributed by atoms with van der Waals surface area (Å²) in [5.74, 6) is -7.95. The zero-order valence-electron chi connectivity index (χ0n) is 47.2. The van der Waals surface area contributed by atoms with Crippen molar-refractivity contribution in [1.82, 2.24) is 15.5 Å². The maximum absolute atomic E-state index is 15.3. The molecule has 0 aromatic heterocycles. The van der Waals surface area contributed by atoms with E-state index in [1.165, 1.54) is 32.1 Å². The predicted octanol–water partition coefficient (Wildman–Crippen LogP) is 4.71. The third-order valence-corrected chi connectivity index (χ3v) is 16.3. The molecule has 22 heteroatoms. The number of likely N-dealkylation sites (tertiary alicyclic amines) is 1. The summed E-state index contributed by atoms with van der Waals surface area (Å²) in [6.07, 6.45) is -11.5. The normalized spacial score (nSPS) is 32.3. The SMILES string of the molecule is C=CC1O[C@H]2C[C@H]3OC[C@@]3(OC(C)=O)[C@H]3[C@H](OC(=O)c4ccccc4)[C@]4(O)C[C@H](OC(=O)[C@H](OC(=O)CCC(=O)NCCN5C(=O)CC(C)C5=O)[C@H](CC(C)C)NC(=O)OC(C)(C)C)C(C)=C([C@H](OC(C)=O)[C@H](O1)[C@]23C)C4(C)C. The molecule has 22 nitrogen and oxygen atoms in total. The van der Waals surface area contributed by atoms with Gasteiger partial charge in [0.15, 0.2) is 18.0 Å². The van der Waals surface area contributed by atoms with Gasteiger partial charge in [0.1, 0.15) is 35.6 Å². The van der Waals surface area contributed by atoms with Crippen molar-refractivity contribution in [2.24, 2.45) is 28.6 Å². The molecule has 3 aliphatic carbocycles. The van der Waals surface area contributed by atoms with Gasteiger partial charge < -0.3 is 58.4 Å². The van der Waals surface area contributed by atoms with Gasteiger partial charge in [0, 0.05) is 69.4 Å². The molecule has 3 saturated heterocycles. The minimum absolute atomic E-state index is 0.0154. The molecule has 0 radical (unpaired) electrons. The lowest BCUT2D eigenvalue weighted by molar-refractivity contribution is -0.405. The van der Waals surface area contributed by atoms with Crippen molar-refractivity contribution in [1.29, 1.82) is 0 Å². The molecule has 79 heavy (non-hydrogen) atoms. The number of carbonyl (C=O) groups is 9. The van der Waals surface area contributed by atoms with Crippen LogP contribution in [0.2, 0.25) is 0 Å². The van der Waals surface area contributed by atoms with Gasteiger partial charge in [-0.05, 0) is 69.4 Å². The molecular formula is C57H77N3O19. The fraction of sp³-hybridized carbons (Fsp3) is 0.667. The van der Waals surface area contributed by atoms with Crippen LogP contribution in [-0.2, 0) is 76.2 Å². The van der Waals surface area contributed by atoms with Crippen molar-refractivity contribution in [3.05, 3.63) is 59.7 Å². The Labute approximate surface area is 460 Å². The molecule has 2 bridgehead atoms. The Kier molecular flexibility index (Phi) is 17.7. The first kappa shape index (κ1) is 60.4. The van der Waals surface area contributed by atoms with Crippen LogP contribution in [0.5, 0.6) is 0 Å². The minimum atomic E-state index is -2.36. The predicted molar refractivity (Wildman–Crippen MR) is 277 cm³/mol. The second-order valence-electron chi connectivity index (χ2n) is 23.8. The van der Waals surface area contributed by atoms with Crippen LogP contribution in [0.4, 0.5) is 4.79 Å². The molecule has 14 atom stereocenters. The van der Waals surface area contributed by atoms with E-state index in [0.717, 1.165) is 4.90 Å². The third kappa shape index (κ3) is 12.0. The van der Waals surface area contributed by atoms with Crippen LogP contribution >= 0.6 is 0 Å². The number of imide groups is 1. The number of hydrogen-bond donors (Lipinski definition) is 3. The number of hydrogen-bond acceptors (Lipinski definition) is 19. The van der Waals surface area contributed by atoms with E-state index < -0.39 is 156 Å². The highest BCUT2D eigenvalue weighted by atomic mass is 16.7. The van der Waals surface area contributed by atoms with Crippen molar-refractivity contribution in [2.75, 3.05) is 19.7 Å². The van der Waals surface area contributed by atoms with Gasteiger partial charge in [-0.15, -0.1) is 0 Å². The van der Waals surface area contributed by atoms with Crippen LogP contribution in [0.15, 0.2) is 54.1 Å². The summed E-state index contributed by atoms with van der Waals surface area (Å²) >= 11 is 0. The zero-order chi connectivity index (χ0) is 58.3. The molecule has 5 fully saturated rings. The van der Waals surface area contributed by atoms with E-state index in [1.54, 1.807) is 87.4 Å². The number of fused-ring (bicyclic) bond motifs is 4. The second-order valence-corrected chi connectivity index (χ2v) is 23.8. The van der Waals surface area contributed by atoms with Crippen LogP contribution in [-0.4, -0.2) is 155 Å². The molecule has 2 saturated carbocycles. The van der Waals surface area contributed by atoms with E-state index in [-0.39, 0.29) is 73.4 Å². The number of esters is 5. The molecular weight excluding hydrogens is 1030 g/mol. The van der Waals surface area contributed by atoms with E-state index in [1.807, 2.05) is 0 Å². The second kappa shape index (κ2) is 23.1. The fourth-order valence-corrected chi connectivity index (χ4v) is 12.7. The monoisotopic (exact) mass is 1110 g/mol. The number of amides is 4. The van der Waals surface area contributed by atoms with Gasteiger partial charge in [0.25, 0.3) is 0 Å².